The number of hydrazine groups is 1. The average Bonchev–Trinajstić information content (AvgIpc) is 2.46. The van der Waals surface area contributed by atoms with Gasteiger partial charge in [-0.1, -0.05) is 54.6 Å². The van der Waals surface area contributed by atoms with Crippen LogP contribution in [0.25, 0.3) is 11.1 Å². The van der Waals surface area contributed by atoms with Crippen LogP contribution >= 0.6 is 0 Å². The molecule has 0 aromatic heterocycles. The van der Waals surface area contributed by atoms with Crippen LogP contribution < -0.4 is 11.3 Å². The van der Waals surface area contributed by atoms with Crippen molar-refractivity contribution in [2.75, 3.05) is 0 Å². The first kappa shape index (κ1) is 12.5. The maximum absolute atomic E-state index is 10.7. The van der Waals surface area contributed by atoms with Gasteiger partial charge in [-0.15, -0.1) is 0 Å². The quantitative estimate of drug-likeness (QED) is 0.477. The number of nitrogens with one attached hydrogen (secondary N) is 1. The lowest BCUT2D eigenvalue weighted by atomic mass is 10.0. The molecule has 0 aliphatic heterocycles. The van der Waals surface area contributed by atoms with E-state index in [0.717, 1.165) is 11.8 Å². The molecular formula is C15H16N2O. The number of rotatable bonds is 5. The largest absolute Gasteiger partial charge is 0.302 e. The predicted octanol–water partition coefficient (Wildman–Crippen LogP) is 1.93. The van der Waals surface area contributed by atoms with E-state index in [1.54, 1.807) is 0 Å². The highest BCUT2D eigenvalue weighted by molar-refractivity contribution is 5.64. The minimum Gasteiger partial charge on any atom is -0.302 e. The van der Waals surface area contributed by atoms with Gasteiger partial charge in [0.25, 0.3) is 0 Å². The third kappa shape index (κ3) is 3.03. The molecule has 0 amide bonds. The van der Waals surface area contributed by atoms with Gasteiger partial charge in [0.15, 0.2) is 0 Å². The van der Waals surface area contributed by atoms with E-state index in [1.807, 2.05) is 30.3 Å². The van der Waals surface area contributed by atoms with Gasteiger partial charge in [0, 0.05) is 0 Å². The summed E-state index contributed by atoms with van der Waals surface area (Å²) >= 11 is 0. The van der Waals surface area contributed by atoms with Gasteiger partial charge in [-0.25, -0.2) is 5.43 Å². The zero-order chi connectivity index (χ0) is 12.8. The molecule has 0 radical (unpaired) electrons. The lowest BCUT2D eigenvalue weighted by Crippen LogP contribution is -2.37. The van der Waals surface area contributed by atoms with Crippen LogP contribution in [0.5, 0.6) is 0 Å². The van der Waals surface area contributed by atoms with Crippen molar-refractivity contribution in [3.8, 4) is 11.1 Å². The summed E-state index contributed by atoms with van der Waals surface area (Å²) in [5, 5.41) is 0. The van der Waals surface area contributed by atoms with Gasteiger partial charge in [0.05, 0.1) is 6.04 Å². The Labute approximate surface area is 107 Å². The highest BCUT2D eigenvalue weighted by Crippen LogP contribution is 2.19. The molecule has 0 saturated carbocycles. The fraction of sp³-hybridized carbons (Fsp3) is 0.133. The number of benzene rings is 2. The second kappa shape index (κ2) is 6.10. The Morgan fingerprint density at radius 3 is 2.17 bits per heavy atom. The number of carbonyl (C=O) groups excluding carboxylic acids is 1. The summed E-state index contributed by atoms with van der Waals surface area (Å²) in [4.78, 5) is 10.7. The normalized spacial score (nSPS) is 12.1. The lowest BCUT2D eigenvalue weighted by Gasteiger charge is -2.09. The smallest absolute Gasteiger partial charge is 0.138 e. The van der Waals surface area contributed by atoms with Gasteiger partial charge in [-0.3, -0.25) is 5.84 Å². The zero-order valence-electron chi connectivity index (χ0n) is 10.0. The second-order valence-electron chi connectivity index (χ2n) is 4.18. The van der Waals surface area contributed by atoms with Crippen molar-refractivity contribution in [2.24, 2.45) is 5.84 Å². The maximum Gasteiger partial charge on any atom is 0.138 e. The molecule has 3 N–H and O–H groups in total. The summed E-state index contributed by atoms with van der Waals surface area (Å²) < 4.78 is 0. The highest BCUT2D eigenvalue weighted by Gasteiger charge is 2.05. The summed E-state index contributed by atoms with van der Waals surface area (Å²) in [6.45, 7) is 0. The van der Waals surface area contributed by atoms with Crippen LogP contribution in [0.3, 0.4) is 0 Å². The fourth-order valence-corrected chi connectivity index (χ4v) is 1.86. The SMILES string of the molecule is NNC(C=O)Cc1ccc(-c2ccccc2)cc1. The van der Waals surface area contributed by atoms with E-state index in [9.17, 15) is 4.79 Å². The highest BCUT2D eigenvalue weighted by atomic mass is 16.1. The summed E-state index contributed by atoms with van der Waals surface area (Å²) in [6, 6.07) is 18.0. The van der Waals surface area contributed by atoms with Gasteiger partial charge in [0.2, 0.25) is 0 Å². The summed E-state index contributed by atoms with van der Waals surface area (Å²) in [5.74, 6) is 5.27. The molecule has 0 spiro atoms. The number of nitrogens with two attached hydrogens (primary N) is 1. The topological polar surface area (TPSA) is 55.1 Å². The van der Waals surface area contributed by atoms with Crippen LogP contribution in [0.1, 0.15) is 5.56 Å². The van der Waals surface area contributed by atoms with E-state index in [4.69, 9.17) is 5.84 Å². The van der Waals surface area contributed by atoms with Crippen LogP contribution in [-0.4, -0.2) is 12.3 Å². The van der Waals surface area contributed by atoms with Crippen molar-refractivity contribution in [2.45, 2.75) is 12.5 Å². The number of hydrogen-bond acceptors (Lipinski definition) is 3. The minimum atomic E-state index is -0.326. The molecule has 1 unspecified atom stereocenters. The molecule has 2 aromatic rings. The number of carbonyl (C=O) groups is 1. The van der Waals surface area contributed by atoms with Gasteiger partial charge in [-0.05, 0) is 23.1 Å². The molecule has 2 rings (SSSR count). The minimum absolute atomic E-state index is 0.326. The lowest BCUT2D eigenvalue weighted by molar-refractivity contribution is -0.109. The molecule has 0 fully saturated rings. The molecule has 18 heavy (non-hydrogen) atoms. The Balaban J connectivity index is 2.13. The van der Waals surface area contributed by atoms with E-state index in [1.165, 1.54) is 11.1 Å². The first-order chi connectivity index (χ1) is 8.83. The van der Waals surface area contributed by atoms with Crippen molar-refractivity contribution in [3.05, 3.63) is 60.2 Å². The Kier molecular flexibility index (Phi) is 4.23. The van der Waals surface area contributed by atoms with Gasteiger partial charge >= 0.3 is 0 Å². The van der Waals surface area contributed by atoms with Gasteiger partial charge in [0.1, 0.15) is 6.29 Å². The summed E-state index contributed by atoms with van der Waals surface area (Å²) in [7, 11) is 0. The first-order valence-electron chi connectivity index (χ1n) is 5.89. The number of aldehydes is 1. The molecular weight excluding hydrogens is 224 g/mol. The average molecular weight is 240 g/mol. The van der Waals surface area contributed by atoms with Crippen LogP contribution in [0, 0.1) is 0 Å². The monoisotopic (exact) mass is 240 g/mol. The van der Waals surface area contributed by atoms with E-state index < -0.39 is 0 Å². The van der Waals surface area contributed by atoms with Crippen molar-refractivity contribution in [1.82, 2.24) is 5.43 Å². The Bertz CT molecular complexity index is 494. The molecule has 1 atom stereocenters. The number of hydrogen-bond donors (Lipinski definition) is 2. The fourth-order valence-electron chi connectivity index (χ4n) is 1.86. The Hall–Kier alpha value is -1.97. The van der Waals surface area contributed by atoms with Crippen molar-refractivity contribution < 1.29 is 4.79 Å². The van der Waals surface area contributed by atoms with E-state index in [-0.39, 0.29) is 6.04 Å². The maximum atomic E-state index is 10.7. The van der Waals surface area contributed by atoms with Crippen LogP contribution in [0.4, 0.5) is 0 Å². The van der Waals surface area contributed by atoms with Gasteiger partial charge in [-0.2, -0.15) is 0 Å². The van der Waals surface area contributed by atoms with Crippen LogP contribution in [0.2, 0.25) is 0 Å². The Morgan fingerprint density at radius 2 is 1.61 bits per heavy atom. The van der Waals surface area contributed by atoms with E-state index in [2.05, 4.69) is 29.7 Å². The summed E-state index contributed by atoms with van der Waals surface area (Å²) in [5.41, 5.74) is 5.92. The zero-order valence-corrected chi connectivity index (χ0v) is 10.0. The van der Waals surface area contributed by atoms with Crippen molar-refractivity contribution >= 4 is 6.29 Å². The molecule has 0 saturated heterocycles. The van der Waals surface area contributed by atoms with E-state index >= 15 is 0 Å². The molecule has 3 nitrogen and oxygen atoms in total. The van der Waals surface area contributed by atoms with Crippen molar-refractivity contribution in [1.29, 1.82) is 0 Å². The first-order valence-corrected chi connectivity index (χ1v) is 5.89. The molecule has 0 aliphatic rings. The molecule has 3 heteroatoms. The molecule has 2 aromatic carbocycles. The molecule has 92 valence electrons. The Morgan fingerprint density at radius 1 is 1.00 bits per heavy atom. The summed E-state index contributed by atoms with van der Waals surface area (Å²) in [6.07, 6.45) is 1.43. The molecule has 0 heterocycles. The molecule has 0 bridgehead atoms. The predicted molar refractivity (Wildman–Crippen MR) is 72.8 cm³/mol. The second-order valence-corrected chi connectivity index (χ2v) is 4.18. The molecule has 0 aliphatic carbocycles. The standard InChI is InChI=1S/C15H16N2O/c16-17-15(11-18)10-12-6-8-14(9-7-12)13-4-2-1-3-5-13/h1-9,11,15,17H,10,16H2. The van der Waals surface area contributed by atoms with Crippen LogP contribution in [0.15, 0.2) is 54.6 Å². The third-order valence-electron chi connectivity index (χ3n) is 2.90. The van der Waals surface area contributed by atoms with E-state index in [0.29, 0.717) is 6.42 Å². The van der Waals surface area contributed by atoms with Crippen molar-refractivity contribution in [3.63, 3.8) is 0 Å². The van der Waals surface area contributed by atoms with Crippen LogP contribution in [-0.2, 0) is 11.2 Å². The third-order valence-corrected chi connectivity index (χ3v) is 2.90. The van der Waals surface area contributed by atoms with Gasteiger partial charge < -0.3 is 4.79 Å².